The zero-order chi connectivity index (χ0) is 18.8. The van der Waals surface area contributed by atoms with Crippen LogP contribution in [0, 0.1) is 11.8 Å². The first-order valence-electron chi connectivity index (χ1n) is 9.46. The summed E-state index contributed by atoms with van der Waals surface area (Å²) in [5.74, 6) is -1.23. The molecule has 138 valence electrons. The molecule has 4 nitrogen and oxygen atoms in total. The molecule has 2 amide bonds. The quantitative estimate of drug-likeness (QED) is 0.658. The zero-order valence-electron chi connectivity index (χ0n) is 15.1. The van der Waals surface area contributed by atoms with E-state index >= 15 is 0 Å². The topological polar surface area (TPSA) is 57.6 Å². The Hall–Kier alpha value is -2.72. The molecule has 1 fully saturated rings. The van der Waals surface area contributed by atoms with Crippen LogP contribution in [-0.2, 0) is 9.59 Å². The average Bonchev–Trinajstić information content (AvgIpc) is 2.98. The van der Waals surface area contributed by atoms with Crippen LogP contribution in [0.2, 0.25) is 0 Å². The maximum atomic E-state index is 13.2. The Morgan fingerprint density at radius 1 is 0.741 bits per heavy atom. The van der Waals surface area contributed by atoms with Crippen molar-refractivity contribution in [2.75, 3.05) is 13.2 Å². The minimum absolute atomic E-state index is 0.0329. The fourth-order valence-corrected chi connectivity index (χ4v) is 4.45. The van der Waals surface area contributed by atoms with Crippen molar-refractivity contribution in [3.63, 3.8) is 0 Å². The van der Waals surface area contributed by atoms with Crippen molar-refractivity contribution >= 4 is 11.8 Å². The summed E-state index contributed by atoms with van der Waals surface area (Å²) in [7, 11) is 0. The molecule has 0 bridgehead atoms. The fourth-order valence-electron chi connectivity index (χ4n) is 4.45. The molecule has 4 heteroatoms. The predicted octanol–water partition coefficient (Wildman–Crippen LogP) is 3.11. The molecule has 2 aromatic carbocycles. The van der Waals surface area contributed by atoms with Crippen LogP contribution in [0.3, 0.4) is 0 Å². The molecule has 1 aliphatic carbocycles. The molecule has 0 spiro atoms. The van der Waals surface area contributed by atoms with Gasteiger partial charge in [-0.1, -0.05) is 72.8 Å². The number of hydrogen-bond acceptors (Lipinski definition) is 3. The highest BCUT2D eigenvalue weighted by Gasteiger charge is 2.54. The first kappa shape index (κ1) is 17.7. The molecule has 1 heterocycles. The Labute approximate surface area is 159 Å². The number of carbonyl (C=O) groups excluding carboxylic acids is 2. The number of hydrogen-bond donors (Lipinski definition) is 1. The molecule has 4 rings (SSSR count). The van der Waals surface area contributed by atoms with Crippen molar-refractivity contribution in [3.05, 3.63) is 83.9 Å². The van der Waals surface area contributed by atoms with Crippen LogP contribution in [0.15, 0.2) is 72.8 Å². The second-order valence-electron chi connectivity index (χ2n) is 7.21. The summed E-state index contributed by atoms with van der Waals surface area (Å²) in [6.45, 7) is 0.249. The van der Waals surface area contributed by atoms with Crippen LogP contribution in [-0.4, -0.2) is 35.0 Å². The van der Waals surface area contributed by atoms with Gasteiger partial charge in [0, 0.05) is 25.0 Å². The number of allylic oxidation sites excluding steroid dienone is 2. The van der Waals surface area contributed by atoms with Crippen LogP contribution in [0.4, 0.5) is 0 Å². The van der Waals surface area contributed by atoms with Gasteiger partial charge in [-0.15, -0.1) is 0 Å². The van der Waals surface area contributed by atoms with Crippen LogP contribution >= 0.6 is 0 Å². The molecule has 27 heavy (non-hydrogen) atoms. The van der Waals surface area contributed by atoms with Gasteiger partial charge in [0.1, 0.15) is 0 Å². The number of benzene rings is 2. The lowest BCUT2D eigenvalue weighted by Crippen LogP contribution is -2.33. The normalized spacial score (nSPS) is 27.1. The molecule has 1 aliphatic heterocycles. The van der Waals surface area contributed by atoms with Gasteiger partial charge in [0.05, 0.1) is 11.8 Å². The van der Waals surface area contributed by atoms with E-state index < -0.39 is 11.8 Å². The summed E-state index contributed by atoms with van der Waals surface area (Å²) in [5.41, 5.74) is 2.11. The van der Waals surface area contributed by atoms with Gasteiger partial charge in [0.2, 0.25) is 11.8 Å². The third-order valence-corrected chi connectivity index (χ3v) is 5.70. The summed E-state index contributed by atoms with van der Waals surface area (Å²) in [6.07, 6.45) is 4.60. The van der Waals surface area contributed by atoms with Crippen LogP contribution in [0.5, 0.6) is 0 Å². The summed E-state index contributed by atoms with van der Waals surface area (Å²) in [4.78, 5) is 27.8. The minimum atomic E-state index is -0.395. The molecule has 0 aromatic heterocycles. The van der Waals surface area contributed by atoms with E-state index in [4.69, 9.17) is 5.11 Å². The number of likely N-dealkylation sites (tertiary alicyclic amines) is 1. The van der Waals surface area contributed by atoms with Crippen LogP contribution < -0.4 is 0 Å². The highest BCUT2D eigenvalue weighted by molar-refractivity contribution is 6.06. The van der Waals surface area contributed by atoms with Crippen molar-refractivity contribution in [3.8, 4) is 0 Å². The van der Waals surface area contributed by atoms with Crippen molar-refractivity contribution in [2.24, 2.45) is 11.8 Å². The second kappa shape index (κ2) is 7.49. The standard InChI is InChI=1S/C23H23NO3/c25-15-7-14-24-22(26)20-18(16-8-3-1-4-9-16)12-13-19(21(20)23(24)27)17-10-5-2-6-11-17/h1-6,8-13,18-21,25H,7,14-15H2/t18-,19-,20-,21+/m1/s1. The number of amides is 2. The largest absolute Gasteiger partial charge is 0.396 e. The number of nitrogens with zero attached hydrogens (tertiary/aromatic N) is 1. The number of fused-ring (bicyclic) bond motifs is 1. The maximum Gasteiger partial charge on any atom is 0.234 e. The van der Waals surface area contributed by atoms with E-state index in [1.807, 2.05) is 60.7 Å². The molecule has 0 radical (unpaired) electrons. The summed E-state index contributed by atoms with van der Waals surface area (Å²) in [6, 6.07) is 19.8. The van der Waals surface area contributed by atoms with Gasteiger partial charge in [-0.3, -0.25) is 14.5 Å². The molecule has 0 saturated carbocycles. The Bertz CT molecular complexity index is 779. The summed E-state index contributed by atoms with van der Waals surface area (Å²) in [5, 5.41) is 9.16. The van der Waals surface area contributed by atoms with Crippen molar-refractivity contribution in [1.29, 1.82) is 0 Å². The van der Waals surface area contributed by atoms with E-state index in [9.17, 15) is 9.59 Å². The molecule has 2 aliphatic rings. The lowest BCUT2D eigenvalue weighted by molar-refractivity contribution is -0.140. The average molecular weight is 361 g/mol. The highest BCUT2D eigenvalue weighted by atomic mass is 16.3. The van der Waals surface area contributed by atoms with Gasteiger partial charge in [-0.2, -0.15) is 0 Å². The van der Waals surface area contributed by atoms with Gasteiger partial charge < -0.3 is 5.11 Å². The van der Waals surface area contributed by atoms with E-state index in [1.165, 1.54) is 4.90 Å². The molecule has 2 aromatic rings. The van der Waals surface area contributed by atoms with Gasteiger partial charge in [-0.25, -0.2) is 0 Å². The smallest absolute Gasteiger partial charge is 0.234 e. The first-order chi connectivity index (χ1) is 13.2. The zero-order valence-corrected chi connectivity index (χ0v) is 15.1. The summed E-state index contributed by atoms with van der Waals surface area (Å²) < 4.78 is 0. The van der Waals surface area contributed by atoms with Crippen molar-refractivity contribution < 1.29 is 14.7 Å². The third-order valence-electron chi connectivity index (χ3n) is 5.70. The Morgan fingerprint density at radius 3 is 1.59 bits per heavy atom. The van der Waals surface area contributed by atoms with E-state index in [2.05, 4.69) is 12.2 Å². The number of carbonyl (C=O) groups is 2. The predicted molar refractivity (Wildman–Crippen MR) is 103 cm³/mol. The molecule has 1 N–H and O–H groups in total. The second-order valence-corrected chi connectivity index (χ2v) is 7.21. The first-order valence-corrected chi connectivity index (χ1v) is 9.46. The molecule has 0 unspecified atom stereocenters. The van der Waals surface area contributed by atoms with Crippen LogP contribution in [0.1, 0.15) is 29.4 Å². The van der Waals surface area contributed by atoms with Crippen molar-refractivity contribution in [2.45, 2.75) is 18.3 Å². The van der Waals surface area contributed by atoms with Gasteiger partial charge in [0.25, 0.3) is 0 Å². The SMILES string of the molecule is O=C1[C@@H]2[C@H](C(=O)N1CCCO)[C@@H](c1ccccc1)C=C[C@@H]2c1ccccc1. The van der Waals surface area contributed by atoms with Gasteiger partial charge >= 0.3 is 0 Å². The number of imide groups is 1. The van der Waals surface area contributed by atoms with E-state index in [-0.39, 0.29) is 36.8 Å². The molecule has 1 saturated heterocycles. The van der Waals surface area contributed by atoms with Crippen molar-refractivity contribution in [1.82, 2.24) is 4.90 Å². The molecule has 4 atom stereocenters. The molecular formula is C23H23NO3. The fraction of sp³-hybridized carbons (Fsp3) is 0.304. The Morgan fingerprint density at radius 2 is 1.19 bits per heavy atom. The van der Waals surface area contributed by atoms with E-state index in [0.29, 0.717) is 6.42 Å². The third kappa shape index (κ3) is 3.10. The van der Waals surface area contributed by atoms with E-state index in [1.54, 1.807) is 0 Å². The maximum absolute atomic E-state index is 13.2. The minimum Gasteiger partial charge on any atom is -0.396 e. The Balaban J connectivity index is 1.77. The van der Waals surface area contributed by atoms with E-state index in [0.717, 1.165) is 11.1 Å². The lowest BCUT2D eigenvalue weighted by atomic mass is 9.68. The lowest BCUT2D eigenvalue weighted by Gasteiger charge is -2.32. The Kier molecular flexibility index (Phi) is 4.90. The molecular weight excluding hydrogens is 338 g/mol. The number of rotatable bonds is 5. The van der Waals surface area contributed by atoms with Gasteiger partial charge in [0.15, 0.2) is 0 Å². The van der Waals surface area contributed by atoms with Gasteiger partial charge in [-0.05, 0) is 17.5 Å². The monoisotopic (exact) mass is 361 g/mol. The highest BCUT2D eigenvalue weighted by Crippen LogP contribution is 2.49. The summed E-state index contributed by atoms with van der Waals surface area (Å²) >= 11 is 0. The van der Waals surface area contributed by atoms with Crippen LogP contribution in [0.25, 0.3) is 0 Å². The number of aliphatic hydroxyl groups is 1. The number of aliphatic hydroxyl groups excluding tert-OH is 1.